The second kappa shape index (κ2) is 4.90. The fourth-order valence-corrected chi connectivity index (χ4v) is 2.32. The zero-order valence-corrected chi connectivity index (χ0v) is 11.4. The molecule has 0 aliphatic carbocycles. The summed E-state index contributed by atoms with van der Waals surface area (Å²) in [5.41, 5.74) is 7.28. The van der Waals surface area contributed by atoms with Gasteiger partial charge in [-0.15, -0.1) is 0 Å². The highest BCUT2D eigenvalue weighted by Crippen LogP contribution is 2.28. The van der Waals surface area contributed by atoms with Gasteiger partial charge in [0.1, 0.15) is 0 Å². The molecule has 21 heavy (non-hydrogen) atoms. The highest BCUT2D eigenvalue weighted by atomic mass is 16.5. The molecule has 0 radical (unpaired) electrons. The Morgan fingerprint density at radius 3 is 2.62 bits per heavy atom. The Balaban J connectivity index is 1.93. The Morgan fingerprint density at radius 1 is 1.14 bits per heavy atom. The number of anilines is 1. The summed E-state index contributed by atoms with van der Waals surface area (Å²) in [5, 5.41) is 0. The Morgan fingerprint density at radius 2 is 1.90 bits per heavy atom. The Kier molecular flexibility index (Phi) is 3.06. The number of hydrogen-bond donors (Lipinski definition) is 1. The van der Waals surface area contributed by atoms with Crippen molar-refractivity contribution in [1.29, 1.82) is 0 Å². The van der Waals surface area contributed by atoms with E-state index in [0.29, 0.717) is 22.8 Å². The van der Waals surface area contributed by atoms with Crippen LogP contribution < -0.4 is 10.5 Å². The van der Waals surface area contributed by atoms with Crippen LogP contribution in [0.4, 0.5) is 5.69 Å². The van der Waals surface area contributed by atoms with Crippen molar-refractivity contribution in [2.45, 2.75) is 6.54 Å². The van der Waals surface area contributed by atoms with Gasteiger partial charge in [0.15, 0.2) is 0 Å². The number of methoxy groups -OCH3 is 1. The number of rotatable bonds is 3. The number of ether oxygens (including phenoxy) is 1. The van der Waals surface area contributed by atoms with E-state index in [1.165, 1.54) is 7.11 Å². The molecule has 106 valence electrons. The summed E-state index contributed by atoms with van der Waals surface area (Å²) in [5.74, 6) is -0.312. The minimum absolute atomic E-state index is 0.0863. The number of carbonyl (C=O) groups excluding carboxylic acids is 2. The number of pyridine rings is 1. The lowest BCUT2D eigenvalue weighted by Crippen LogP contribution is -2.29. The first-order valence-electron chi connectivity index (χ1n) is 6.36. The van der Waals surface area contributed by atoms with Gasteiger partial charge in [0.2, 0.25) is 5.88 Å². The Labute approximate surface area is 121 Å². The maximum atomic E-state index is 12.4. The van der Waals surface area contributed by atoms with Crippen LogP contribution in [0.1, 0.15) is 26.4 Å². The highest BCUT2D eigenvalue weighted by Gasteiger charge is 2.37. The summed E-state index contributed by atoms with van der Waals surface area (Å²) in [6, 6.07) is 10.1. The minimum atomic E-state index is -0.391. The summed E-state index contributed by atoms with van der Waals surface area (Å²) in [7, 11) is 1.51. The fourth-order valence-electron chi connectivity index (χ4n) is 2.32. The van der Waals surface area contributed by atoms with Crippen LogP contribution in [0.3, 0.4) is 0 Å². The van der Waals surface area contributed by atoms with Crippen LogP contribution in [0.5, 0.6) is 5.88 Å². The van der Waals surface area contributed by atoms with E-state index >= 15 is 0 Å². The molecule has 0 bridgehead atoms. The van der Waals surface area contributed by atoms with Crippen LogP contribution in [-0.4, -0.2) is 28.8 Å². The number of imide groups is 1. The molecule has 1 aromatic carbocycles. The topological polar surface area (TPSA) is 85.5 Å². The van der Waals surface area contributed by atoms with E-state index in [2.05, 4.69) is 4.98 Å². The van der Waals surface area contributed by atoms with Gasteiger partial charge in [0.05, 0.1) is 30.5 Å². The zero-order valence-electron chi connectivity index (χ0n) is 11.4. The van der Waals surface area contributed by atoms with E-state index in [1.807, 2.05) is 0 Å². The molecular formula is C15H13N3O3. The van der Waals surface area contributed by atoms with E-state index in [4.69, 9.17) is 10.5 Å². The first-order chi connectivity index (χ1) is 10.1. The van der Waals surface area contributed by atoms with Crippen LogP contribution in [0.25, 0.3) is 0 Å². The van der Waals surface area contributed by atoms with Crippen molar-refractivity contribution in [3.8, 4) is 5.88 Å². The fraction of sp³-hybridized carbons (Fsp3) is 0.133. The third-order valence-corrected chi connectivity index (χ3v) is 3.34. The van der Waals surface area contributed by atoms with E-state index in [-0.39, 0.29) is 18.0 Å². The maximum Gasteiger partial charge on any atom is 0.264 e. The van der Waals surface area contributed by atoms with Gasteiger partial charge in [0, 0.05) is 11.8 Å². The van der Waals surface area contributed by atoms with Crippen LogP contribution >= 0.6 is 0 Å². The average Bonchev–Trinajstić information content (AvgIpc) is 2.74. The van der Waals surface area contributed by atoms with Gasteiger partial charge in [-0.2, -0.15) is 0 Å². The average molecular weight is 283 g/mol. The van der Waals surface area contributed by atoms with Gasteiger partial charge < -0.3 is 10.5 Å². The lowest BCUT2D eigenvalue weighted by Gasteiger charge is -2.13. The predicted octanol–water partition coefficient (Wildman–Crippen LogP) is 1.47. The van der Waals surface area contributed by atoms with Crippen molar-refractivity contribution >= 4 is 17.5 Å². The zero-order chi connectivity index (χ0) is 15.0. The third-order valence-electron chi connectivity index (χ3n) is 3.34. The summed E-state index contributed by atoms with van der Waals surface area (Å²) < 4.78 is 5.03. The van der Waals surface area contributed by atoms with Crippen molar-refractivity contribution in [2.75, 3.05) is 12.8 Å². The smallest absolute Gasteiger partial charge is 0.264 e. The van der Waals surface area contributed by atoms with Crippen molar-refractivity contribution in [2.24, 2.45) is 0 Å². The quantitative estimate of drug-likeness (QED) is 0.681. The van der Waals surface area contributed by atoms with Gasteiger partial charge in [0.25, 0.3) is 11.8 Å². The third kappa shape index (κ3) is 2.10. The van der Waals surface area contributed by atoms with Gasteiger partial charge in [-0.3, -0.25) is 14.5 Å². The van der Waals surface area contributed by atoms with Crippen LogP contribution in [-0.2, 0) is 6.54 Å². The van der Waals surface area contributed by atoms with E-state index in [9.17, 15) is 9.59 Å². The van der Waals surface area contributed by atoms with Gasteiger partial charge in [-0.25, -0.2) is 4.98 Å². The van der Waals surface area contributed by atoms with E-state index in [1.54, 1.807) is 36.4 Å². The number of hydrogen-bond acceptors (Lipinski definition) is 5. The molecule has 1 aliphatic rings. The molecule has 2 amide bonds. The van der Waals surface area contributed by atoms with Crippen LogP contribution in [0.2, 0.25) is 0 Å². The number of nitrogens with zero attached hydrogens (tertiary/aromatic N) is 2. The van der Waals surface area contributed by atoms with E-state index < -0.39 is 5.91 Å². The number of fused-ring (bicyclic) bond motifs is 1. The van der Waals surface area contributed by atoms with Gasteiger partial charge in [-0.1, -0.05) is 12.1 Å². The number of aromatic nitrogens is 1. The van der Waals surface area contributed by atoms with Crippen LogP contribution in [0.15, 0.2) is 36.4 Å². The largest absolute Gasteiger partial charge is 0.481 e. The summed E-state index contributed by atoms with van der Waals surface area (Å²) >= 11 is 0. The Bertz CT molecular complexity index is 743. The second-order valence-corrected chi connectivity index (χ2v) is 4.64. The highest BCUT2D eigenvalue weighted by molar-refractivity contribution is 6.23. The summed E-state index contributed by atoms with van der Waals surface area (Å²) in [4.78, 5) is 30.0. The molecule has 6 nitrogen and oxygen atoms in total. The molecule has 2 heterocycles. The van der Waals surface area contributed by atoms with Crippen molar-refractivity contribution in [3.63, 3.8) is 0 Å². The number of nitrogens with two attached hydrogens (primary N) is 1. The number of nitrogen functional groups attached to an aromatic ring is 1. The SMILES string of the molecule is COc1cccc(CN2C(=O)c3cccc(N)c3C2=O)n1. The van der Waals surface area contributed by atoms with Crippen molar-refractivity contribution in [3.05, 3.63) is 53.2 Å². The van der Waals surface area contributed by atoms with Gasteiger partial charge >= 0.3 is 0 Å². The lowest BCUT2D eigenvalue weighted by atomic mass is 10.1. The molecule has 6 heteroatoms. The molecular weight excluding hydrogens is 270 g/mol. The number of carbonyl (C=O) groups is 2. The first-order valence-corrected chi connectivity index (χ1v) is 6.36. The molecule has 0 unspecified atom stereocenters. The number of benzene rings is 1. The molecule has 0 saturated carbocycles. The molecule has 0 atom stereocenters. The normalized spacial score (nSPS) is 13.5. The summed E-state index contributed by atoms with van der Waals surface area (Å²) in [6.45, 7) is 0.0863. The molecule has 1 aromatic heterocycles. The second-order valence-electron chi connectivity index (χ2n) is 4.64. The monoisotopic (exact) mass is 283 g/mol. The van der Waals surface area contributed by atoms with Crippen molar-refractivity contribution < 1.29 is 14.3 Å². The molecule has 0 spiro atoms. The molecule has 0 fully saturated rings. The van der Waals surface area contributed by atoms with Crippen LogP contribution in [0, 0.1) is 0 Å². The molecule has 3 rings (SSSR count). The summed E-state index contributed by atoms with van der Waals surface area (Å²) in [6.07, 6.45) is 0. The molecule has 2 N–H and O–H groups in total. The first kappa shape index (κ1) is 13.1. The predicted molar refractivity (Wildman–Crippen MR) is 75.8 cm³/mol. The lowest BCUT2D eigenvalue weighted by molar-refractivity contribution is 0.0640. The minimum Gasteiger partial charge on any atom is -0.481 e. The van der Waals surface area contributed by atoms with E-state index in [0.717, 1.165) is 4.90 Å². The van der Waals surface area contributed by atoms with Gasteiger partial charge in [-0.05, 0) is 18.2 Å². The molecule has 0 saturated heterocycles. The molecule has 1 aliphatic heterocycles. The maximum absolute atomic E-state index is 12.4. The molecule has 2 aromatic rings. The standard InChI is InChI=1S/C15H13N3O3/c1-21-12-7-2-4-9(17-12)8-18-14(19)10-5-3-6-11(16)13(10)15(18)20/h2-7H,8,16H2,1H3. The Hall–Kier alpha value is -2.89. The number of amides is 2. The van der Waals surface area contributed by atoms with Crippen molar-refractivity contribution in [1.82, 2.24) is 9.88 Å².